The molecule has 1 rings (SSSR count). The molecule has 0 saturated carbocycles. The molecule has 0 bridgehead atoms. The van der Waals surface area contributed by atoms with E-state index in [0.29, 0.717) is 5.96 Å². The van der Waals surface area contributed by atoms with Gasteiger partial charge in [0.15, 0.2) is 5.96 Å². The summed E-state index contributed by atoms with van der Waals surface area (Å²) in [7, 11) is 3.71. The van der Waals surface area contributed by atoms with Crippen LogP contribution in [-0.2, 0) is 0 Å². The van der Waals surface area contributed by atoms with E-state index < -0.39 is 0 Å². The Hall–Kier alpha value is -0.770. The van der Waals surface area contributed by atoms with E-state index in [1.807, 2.05) is 11.9 Å². The third-order valence-corrected chi connectivity index (χ3v) is 2.57. The van der Waals surface area contributed by atoms with E-state index in [1.54, 1.807) is 7.05 Å². The van der Waals surface area contributed by atoms with Gasteiger partial charge in [-0.25, -0.2) is 0 Å². The Morgan fingerprint density at radius 2 is 2.08 bits per heavy atom. The highest BCUT2D eigenvalue weighted by molar-refractivity contribution is 5.77. The normalized spacial score (nSPS) is 19.4. The van der Waals surface area contributed by atoms with Crippen LogP contribution in [0.1, 0.15) is 12.8 Å². The van der Waals surface area contributed by atoms with Gasteiger partial charge in [-0.1, -0.05) is 0 Å². The van der Waals surface area contributed by atoms with Gasteiger partial charge in [-0.2, -0.15) is 0 Å². The molecule has 13 heavy (non-hydrogen) atoms. The van der Waals surface area contributed by atoms with E-state index in [9.17, 15) is 0 Å². The fourth-order valence-corrected chi connectivity index (χ4v) is 1.58. The quantitative estimate of drug-likeness (QED) is 0.494. The Balaban J connectivity index is 2.17. The molecular formula is C9H20N4. The van der Waals surface area contributed by atoms with Gasteiger partial charge in [-0.05, 0) is 25.9 Å². The van der Waals surface area contributed by atoms with Crippen LogP contribution in [0.5, 0.6) is 0 Å². The first kappa shape index (κ1) is 10.3. The van der Waals surface area contributed by atoms with Crippen molar-refractivity contribution in [3.05, 3.63) is 0 Å². The van der Waals surface area contributed by atoms with Gasteiger partial charge < -0.3 is 15.5 Å². The van der Waals surface area contributed by atoms with Crippen LogP contribution >= 0.6 is 0 Å². The summed E-state index contributed by atoms with van der Waals surface area (Å²) < 4.78 is 0. The lowest BCUT2D eigenvalue weighted by Gasteiger charge is -2.21. The van der Waals surface area contributed by atoms with E-state index in [4.69, 9.17) is 5.73 Å². The maximum absolute atomic E-state index is 5.66. The average molecular weight is 184 g/mol. The molecule has 1 fully saturated rings. The maximum Gasteiger partial charge on any atom is 0.190 e. The van der Waals surface area contributed by atoms with Crippen LogP contribution in [-0.4, -0.2) is 56.0 Å². The second kappa shape index (κ2) is 5.07. The summed E-state index contributed by atoms with van der Waals surface area (Å²) in [6, 6.07) is 0. The number of hydrogen-bond acceptors (Lipinski definition) is 2. The van der Waals surface area contributed by atoms with E-state index in [0.717, 1.165) is 13.1 Å². The summed E-state index contributed by atoms with van der Waals surface area (Å²) in [5.74, 6) is 0.624. The molecule has 76 valence electrons. The molecule has 2 N–H and O–H groups in total. The van der Waals surface area contributed by atoms with Crippen molar-refractivity contribution in [3.8, 4) is 0 Å². The first-order chi connectivity index (χ1) is 6.24. The van der Waals surface area contributed by atoms with Crippen molar-refractivity contribution in [2.45, 2.75) is 12.8 Å². The second-order valence-electron chi connectivity index (χ2n) is 3.55. The zero-order valence-corrected chi connectivity index (χ0v) is 8.66. The highest BCUT2D eigenvalue weighted by Gasteiger charge is 2.11. The minimum absolute atomic E-state index is 0.624. The highest BCUT2D eigenvalue weighted by atomic mass is 15.3. The molecule has 0 aromatic carbocycles. The highest BCUT2D eigenvalue weighted by Crippen LogP contribution is 2.06. The summed E-state index contributed by atoms with van der Waals surface area (Å²) in [6.45, 7) is 4.57. The number of likely N-dealkylation sites (tertiary alicyclic amines) is 1. The van der Waals surface area contributed by atoms with Gasteiger partial charge in [0.25, 0.3) is 0 Å². The number of likely N-dealkylation sites (N-methyl/N-ethyl adjacent to an activating group) is 1. The molecule has 0 atom stereocenters. The summed E-state index contributed by atoms with van der Waals surface area (Å²) in [4.78, 5) is 8.41. The monoisotopic (exact) mass is 184 g/mol. The summed E-state index contributed by atoms with van der Waals surface area (Å²) >= 11 is 0. The largest absolute Gasteiger partial charge is 0.370 e. The molecule has 0 aromatic heterocycles. The van der Waals surface area contributed by atoms with Crippen LogP contribution in [0.2, 0.25) is 0 Å². The van der Waals surface area contributed by atoms with Crippen molar-refractivity contribution in [1.29, 1.82) is 0 Å². The maximum atomic E-state index is 5.66. The van der Waals surface area contributed by atoms with Crippen molar-refractivity contribution in [2.24, 2.45) is 10.7 Å². The van der Waals surface area contributed by atoms with Gasteiger partial charge in [0.05, 0.1) is 0 Å². The fourth-order valence-electron chi connectivity index (χ4n) is 1.58. The minimum Gasteiger partial charge on any atom is -0.370 e. The summed E-state index contributed by atoms with van der Waals surface area (Å²) in [5, 5.41) is 0. The molecule has 1 aliphatic heterocycles. The van der Waals surface area contributed by atoms with Crippen molar-refractivity contribution in [3.63, 3.8) is 0 Å². The SMILES string of the molecule is CN=C(N)N(C)CCN1CCCC1. The minimum atomic E-state index is 0.624. The van der Waals surface area contributed by atoms with Gasteiger partial charge >= 0.3 is 0 Å². The van der Waals surface area contributed by atoms with Crippen LogP contribution in [0, 0.1) is 0 Å². The van der Waals surface area contributed by atoms with Crippen molar-refractivity contribution in [1.82, 2.24) is 9.80 Å². The number of nitrogens with zero attached hydrogens (tertiary/aromatic N) is 3. The van der Waals surface area contributed by atoms with Crippen LogP contribution < -0.4 is 5.73 Å². The van der Waals surface area contributed by atoms with Crippen LogP contribution in [0.25, 0.3) is 0 Å². The van der Waals surface area contributed by atoms with Gasteiger partial charge in [0, 0.05) is 27.2 Å². The summed E-state index contributed by atoms with van der Waals surface area (Å²) in [6.07, 6.45) is 2.70. The van der Waals surface area contributed by atoms with E-state index in [-0.39, 0.29) is 0 Å². The van der Waals surface area contributed by atoms with Gasteiger partial charge in [-0.3, -0.25) is 4.99 Å². The lowest BCUT2D eigenvalue weighted by Crippen LogP contribution is -2.39. The predicted molar refractivity (Wildman–Crippen MR) is 55.9 cm³/mol. The first-order valence-electron chi connectivity index (χ1n) is 4.90. The number of aliphatic imine (C=N–C) groups is 1. The third kappa shape index (κ3) is 3.22. The van der Waals surface area contributed by atoms with Crippen LogP contribution in [0.15, 0.2) is 4.99 Å². The number of guanidine groups is 1. The molecular weight excluding hydrogens is 164 g/mol. The van der Waals surface area contributed by atoms with Gasteiger partial charge in [0.2, 0.25) is 0 Å². The Morgan fingerprint density at radius 3 is 2.62 bits per heavy atom. The molecule has 0 radical (unpaired) electrons. The van der Waals surface area contributed by atoms with Crippen LogP contribution in [0.3, 0.4) is 0 Å². The molecule has 0 aliphatic carbocycles. The zero-order chi connectivity index (χ0) is 9.68. The molecule has 0 amide bonds. The average Bonchev–Trinajstić information content (AvgIpc) is 2.65. The summed E-state index contributed by atoms with van der Waals surface area (Å²) in [5.41, 5.74) is 5.66. The lowest BCUT2D eigenvalue weighted by atomic mass is 10.4. The lowest BCUT2D eigenvalue weighted by molar-refractivity contribution is 0.306. The Labute approximate surface area is 80.4 Å². The zero-order valence-electron chi connectivity index (χ0n) is 8.66. The fraction of sp³-hybridized carbons (Fsp3) is 0.889. The number of hydrogen-bond donors (Lipinski definition) is 1. The first-order valence-corrected chi connectivity index (χ1v) is 4.90. The van der Waals surface area contributed by atoms with Gasteiger partial charge in [0.1, 0.15) is 0 Å². The van der Waals surface area contributed by atoms with E-state index in [2.05, 4.69) is 9.89 Å². The van der Waals surface area contributed by atoms with E-state index >= 15 is 0 Å². The third-order valence-electron chi connectivity index (χ3n) is 2.57. The van der Waals surface area contributed by atoms with Gasteiger partial charge in [-0.15, -0.1) is 0 Å². The number of nitrogens with two attached hydrogens (primary N) is 1. The topological polar surface area (TPSA) is 44.9 Å². The van der Waals surface area contributed by atoms with E-state index in [1.165, 1.54) is 25.9 Å². The number of rotatable bonds is 3. The Kier molecular flexibility index (Phi) is 4.02. The molecule has 0 unspecified atom stereocenters. The molecule has 0 spiro atoms. The molecule has 1 aliphatic rings. The molecule has 4 nitrogen and oxygen atoms in total. The Morgan fingerprint density at radius 1 is 1.46 bits per heavy atom. The molecule has 1 heterocycles. The predicted octanol–water partition coefficient (Wildman–Crippen LogP) is -0.0415. The molecule has 4 heteroatoms. The van der Waals surface area contributed by atoms with Crippen molar-refractivity contribution >= 4 is 5.96 Å². The van der Waals surface area contributed by atoms with Crippen LogP contribution in [0.4, 0.5) is 0 Å². The Bertz CT molecular complexity index is 172. The smallest absolute Gasteiger partial charge is 0.190 e. The molecule has 1 saturated heterocycles. The second-order valence-corrected chi connectivity index (χ2v) is 3.55. The van der Waals surface area contributed by atoms with Crippen molar-refractivity contribution < 1.29 is 0 Å². The standard InChI is InChI=1S/C9H20N4/c1-11-9(10)12(2)7-8-13-5-3-4-6-13/h3-8H2,1-2H3,(H2,10,11). The molecule has 0 aromatic rings. The van der Waals surface area contributed by atoms with Crippen molar-refractivity contribution in [2.75, 3.05) is 40.3 Å².